The van der Waals surface area contributed by atoms with Gasteiger partial charge in [0.2, 0.25) is 0 Å². The summed E-state index contributed by atoms with van der Waals surface area (Å²) in [4.78, 5) is 2.24. The summed E-state index contributed by atoms with van der Waals surface area (Å²) < 4.78 is 5.43. The van der Waals surface area contributed by atoms with Gasteiger partial charge in [0, 0.05) is 25.2 Å². The van der Waals surface area contributed by atoms with Crippen molar-refractivity contribution in [3.63, 3.8) is 0 Å². The van der Waals surface area contributed by atoms with Gasteiger partial charge in [0.15, 0.2) is 0 Å². The minimum absolute atomic E-state index is 0.434. The van der Waals surface area contributed by atoms with Crippen LogP contribution >= 0.6 is 0 Å². The minimum atomic E-state index is 0.434. The molecule has 2 unspecified atom stereocenters. The van der Waals surface area contributed by atoms with Crippen LogP contribution in [-0.4, -0.2) is 50.8 Å². The van der Waals surface area contributed by atoms with Crippen LogP contribution in [0.15, 0.2) is 0 Å². The second-order valence-electron chi connectivity index (χ2n) is 5.32. The number of hydrogen-bond donors (Lipinski definition) is 1. The van der Waals surface area contributed by atoms with Gasteiger partial charge < -0.3 is 15.0 Å². The molecular formula is C13H30N2O. The van der Waals surface area contributed by atoms with E-state index >= 15 is 0 Å². The van der Waals surface area contributed by atoms with Crippen molar-refractivity contribution < 1.29 is 4.74 Å². The van der Waals surface area contributed by atoms with Crippen molar-refractivity contribution >= 4 is 0 Å². The molecule has 0 rings (SSSR count). The maximum atomic E-state index is 5.43. The van der Waals surface area contributed by atoms with Crippen LogP contribution in [-0.2, 0) is 4.74 Å². The van der Waals surface area contributed by atoms with E-state index in [1.165, 1.54) is 6.42 Å². The summed E-state index contributed by atoms with van der Waals surface area (Å²) in [5.74, 6) is 0.733. The summed E-state index contributed by atoms with van der Waals surface area (Å²) in [5.41, 5.74) is 0. The molecule has 0 heterocycles. The first kappa shape index (κ1) is 15.9. The number of nitrogens with zero attached hydrogens (tertiary/aromatic N) is 1. The number of nitrogens with one attached hydrogen (secondary N) is 1. The van der Waals surface area contributed by atoms with Crippen LogP contribution in [0.3, 0.4) is 0 Å². The molecule has 0 fully saturated rings. The summed E-state index contributed by atoms with van der Waals surface area (Å²) >= 11 is 0. The maximum Gasteiger partial charge on any atom is 0.0616 e. The largest absolute Gasteiger partial charge is 0.380 e. The van der Waals surface area contributed by atoms with Crippen molar-refractivity contribution in [2.75, 3.05) is 33.9 Å². The molecule has 0 aliphatic rings. The van der Waals surface area contributed by atoms with Crippen molar-refractivity contribution in [3.05, 3.63) is 0 Å². The average molecular weight is 230 g/mol. The predicted octanol–water partition coefficient (Wildman–Crippen LogP) is 1.98. The van der Waals surface area contributed by atoms with Gasteiger partial charge in [0.1, 0.15) is 0 Å². The summed E-state index contributed by atoms with van der Waals surface area (Å²) in [6, 6.07) is 0.995. The average Bonchev–Trinajstić information content (AvgIpc) is 2.12. The van der Waals surface area contributed by atoms with Gasteiger partial charge in [0.05, 0.1) is 6.61 Å². The summed E-state index contributed by atoms with van der Waals surface area (Å²) in [6.45, 7) is 11.5. The highest BCUT2D eigenvalue weighted by molar-refractivity contribution is 4.74. The van der Waals surface area contributed by atoms with Crippen LogP contribution in [0.25, 0.3) is 0 Å². The third-order valence-corrected chi connectivity index (χ3v) is 2.43. The topological polar surface area (TPSA) is 24.5 Å². The summed E-state index contributed by atoms with van der Waals surface area (Å²) in [5, 5.41) is 3.65. The Kier molecular flexibility index (Phi) is 8.90. The van der Waals surface area contributed by atoms with E-state index in [1.54, 1.807) is 0 Å². The molecule has 3 heteroatoms. The van der Waals surface area contributed by atoms with Gasteiger partial charge >= 0.3 is 0 Å². The fourth-order valence-corrected chi connectivity index (χ4v) is 1.95. The number of rotatable bonds is 9. The van der Waals surface area contributed by atoms with Crippen LogP contribution in [0.5, 0.6) is 0 Å². The lowest BCUT2D eigenvalue weighted by atomic mass is 10.0. The van der Waals surface area contributed by atoms with Crippen molar-refractivity contribution in [3.8, 4) is 0 Å². The zero-order valence-corrected chi connectivity index (χ0v) is 11.9. The molecule has 0 spiro atoms. The van der Waals surface area contributed by atoms with Gasteiger partial charge in [-0.25, -0.2) is 0 Å². The van der Waals surface area contributed by atoms with Crippen LogP contribution < -0.4 is 5.32 Å². The molecule has 1 N–H and O–H groups in total. The van der Waals surface area contributed by atoms with Crippen molar-refractivity contribution in [1.82, 2.24) is 10.2 Å². The predicted molar refractivity (Wildman–Crippen MR) is 70.9 cm³/mol. The molecule has 0 aromatic rings. The highest BCUT2D eigenvalue weighted by Crippen LogP contribution is 2.06. The zero-order chi connectivity index (χ0) is 12.6. The quantitative estimate of drug-likeness (QED) is 0.655. The molecule has 98 valence electrons. The van der Waals surface area contributed by atoms with Crippen molar-refractivity contribution in [2.24, 2.45) is 5.92 Å². The first-order valence-electron chi connectivity index (χ1n) is 6.44. The van der Waals surface area contributed by atoms with E-state index in [-0.39, 0.29) is 0 Å². The molecule has 0 aliphatic heterocycles. The van der Waals surface area contributed by atoms with Crippen LogP contribution in [0, 0.1) is 5.92 Å². The van der Waals surface area contributed by atoms with E-state index in [0.717, 1.165) is 25.7 Å². The Morgan fingerprint density at radius 1 is 1.19 bits per heavy atom. The fraction of sp³-hybridized carbons (Fsp3) is 1.00. The first-order valence-corrected chi connectivity index (χ1v) is 6.44. The third kappa shape index (κ3) is 9.13. The molecule has 0 aliphatic carbocycles. The van der Waals surface area contributed by atoms with Gasteiger partial charge in [-0.2, -0.15) is 0 Å². The molecule has 0 radical (unpaired) electrons. The first-order chi connectivity index (χ1) is 7.45. The Labute approximate surface area is 102 Å². The SMILES string of the molecule is CCOCC(C)NC(CC(C)C)CN(C)C. The highest BCUT2D eigenvalue weighted by Gasteiger charge is 2.14. The number of likely N-dealkylation sites (N-methyl/N-ethyl adjacent to an activating group) is 1. The van der Waals surface area contributed by atoms with Crippen LogP contribution in [0.2, 0.25) is 0 Å². The molecule has 0 saturated carbocycles. The van der Waals surface area contributed by atoms with Gasteiger partial charge in [-0.3, -0.25) is 0 Å². The van der Waals surface area contributed by atoms with Crippen LogP contribution in [0.4, 0.5) is 0 Å². The standard InChI is InChI=1S/C13H30N2O/c1-7-16-10-12(4)14-13(8-11(2)3)9-15(5)6/h11-14H,7-10H2,1-6H3. The van der Waals surface area contributed by atoms with E-state index in [2.05, 4.69) is 45.1 Å². The van der Waals surface area contributed by atoms with Crippen LogP contribution in [0.1, 0.15) is 34.1 Å². The van der Waals surface area contributed by atoms with Gasteiger partial charge in [-0.1, -0.05) is 13.8 Å². The number of hydrogen-bond acceptors (Lipinski definition) is 3. The summed E-state index contributed by atoms with van der Waals surface area (Å²) in [7, 11) is 4.25. The van der Waals surface area contributed by atoms with Gasteiger partial charge in [-0.05, 0) is 40.3 Å². The lowest BCUT2D eigenvalue weighted by Gasteiger charge is -2.27. The lowest BCUT2D eigenvalue weighted by Crippen LogP contribution is -2.45. The second-order valence-corrected chi connectivity index (χ2v) is 5.32. The number of ether oxygens (including phenoxy) is 1. The summed E-state index contributed by atoms with van der Waals surface area (Å²) in [6.07, 6.45) is 1.22. The molecule has 3 nitrogen and oxygen atoms in total. The second kappa shape index (κ2) is 8.97. The van der Waals surface area contributed by atoms with Gasteiger partial charge in [0.25, 0.3) is 0 Å². The Balaban J connectivity index is 3.98. The smallest absolute Gasteiger partial charge is 0.0616 e. The molecule has 0 amide bonds. The Bertz CT molecular complexity index is 150. The van der Waals surface area contributed by atoms with E-state index in [0.29, 0.717) is 12.1 Å². The monoisotopic (exact) mass is 230 g/mol. The highest BCUT2D eigenvalue weighted by atomic mass is 16.5. The molecule has 0 aromatic heterocycles. The van der Waals surface area contributed by atoms with Crippen molar-refractivity contribution in [1.29, 1.82) is 0 Å². The maximum absolute atomic E-state index is 5.43. The van der Waals surface area contributed by atoms with E-state index in [1.807, 2.05) is 6.92 Å². The van der Waals surface area contributed by atoms with E-state index < -0.39 is 0 Å². The zero-order valence-electron chi connectivity index (χ0n) is 11.9. The Morgan fingerprint density at radius 3 is 2.25 bits per heavy atom. The molecule has 2 atom stereocenters. The molecule has 0 saturated heterocycles. The fourth-order valence-electron chi connectivity index (χ4n) is 1.95. The lowest BCUT2D eigenvalue weighted by molar-refractivity contribution is 0.119. The Morgan fingerprint density at radius 2 is 1.81 bits per heavy atom. The van der Waals surface area contributed by atoms with Gasteiger partial charge in [-0.15, -0.1) is 0 Å². The minimum Gasteiger partial charge on any atom is -0.380 e. The molecule has 0 aromatic carbocycles. The molecule has 16 heavy (non-hydrogen) atoms. The molecule has 0 bridgehead atoms. The van der Waals surface area contributed by atoms with Crippen molar-refractivity contribution in [2.45, 2.75) is 46.2 Å². The van der Waals surface area contributed by atoms with E-state index in [4.69, 9.17) is 4.74 Å². The Hall–Kier alpha value is -0.120. The molecular weight excluding hydrogens is 200 g/mol. The van der Waals surface area contributed by atoms with E-state index in [9.17, 15) is 0 Å². The third-order valence-electron chi connectivity index (χ3n) is 2.43. The normalized spacial score (nSPS) is 15.8.